The third-order valence-electron chi connectivity index (χ3n) is 3.24. The van der Waals surface area contributed by atoms with E-state index in [1.807, 2.05) is 35.2 Å². The van der Waals surface area contributed by atoms with Crippen LogP contribution in [0, 0.1) is 0 Å². The number of benzene rings is 1. The molecule has 0 radical (unpaired) electrons. The number of nitrogens with zero attached hydrogens (tertiary/aromatic N) is 1. The molecule has 3 rings (SSSR count). The quantitative estimate of drug-likeness (QED) is 0.771. The Morgan fingerprint density at radius 1 is 1.35 bits per heavy atom. The molecular weight excluding hydrogens is 216 g/mol. The number of aromatic amines is 1. The lowest BCUT2D eigenvalue weighted by atomic mass is 10.2. The topological polar surface area (TPSA) is 56.3 Å². The number of pyridine rings is 1. The Balaban J connectivity index is 2.09. The number of aliphatic hydroxyl groups is 1. The van der Waals surface area contributed by atoms with Gasteiger partial charge in [-0.1, -0.05) is 18.2 Å². The van der Waals surface area contributed by atoms with Crippen molar-refractivity contribution in [3.63, 3.8) is 0 Å². The maximum Gasteiger partial charge on any atom is 0.257 e. The van der Waals surface area contributed by atoms with Crippen molar-refractivity contribution in [1.82, 2.24) is 4.98 Å². The Morgan fingerprint density at radius 3 is 2.94 bits per heavy atom. The van der Waals surface area contributed by atoms with Gasteiger partial charge in [-0.05, 0) is 23.9 Å². The predicted octanol–water partition coefficient (Wildman–Crippen LogP) is 1.10. The fraction of sp³-hybridized carbons (Fsp3) is 0.308. The first-order valence-electron chi connectivity index (χ1n) is 5.79. The van der Waals surface area contributed by atoms with Gasteiger partial charge in [0.1, 0.15) is 5.82 Å². The Kier molecular flexibility index (Phi) is 2.37. The zero-order valence-electron chi connectivity index (χ0n) is 9.39. The monoisotopic (exact) mass is 230 g/mol. The van der Waals surface area contributed by atoms with Gasteiger partial charge in [-0.2, -0.15) is 0 Å². The Bertz CT molecular complexity index is 606. The van der Waals surface area contributed by atoms with Gasteiger partial charge in [0.2, 0.25) is 0 Å². The number of β-amino-alcohol motifs (C(OH)–C–C–N with tert-alkyl or cyclic N) is 1. The molecule has 1 atom stereocenters. The second-order valence-electron chi connectivity index (χ2n) is 4.46. The van der Waals surface area contributed by atoms with Gasteiger partial charge in [0, 0.05) is 18.5 Å². The number of hydrogen-bond acceptors (Lipinski definition) is 3. The molecule has 0 amide bonds. The molecule has 2 heterocycles. The fourth-order valence-electron chi connectivity index (χ4n) is 2.33. The van der Waals surface area contributed by atoms with Gasteiger partial charge in [0.15, 0.2) is 0 Å². The minimum atomic E-state index is -0.287. The molecule has 17 heavy (non-hydrogen) atoms. The number of rotatable bonds is 1. The van der Waals surface area contributed by atoms with E-state index >= 15 is 0 Å². The zero-order chi connectivity index (χ0) is 11.8. The lowest BCUT2D eigenvalue weighted by Gasteiger charge is -2.17. The predicted molar refractivity (Wildman–Crippen MR) is 67.4 cm³/mol. The SMILES string of the molecule is O=c1[nH]c(N2CC[C@H](O)C2)cc2ccccc12. The third kappa shape index (κ3) is 1.80. The molecule has 0 spiro atoms. The highest BCUT2D eigenvalue weighted by atomic mass is 16.3. The lowest BCUT2D eigenvalue weighted by Crippen LogP contribution is -2.24. The zero-order valence-corrected chi connectivity index (χ0v) is 9.39. The average molecular weight is 230 g/mol. The van der Waals surface area contributed by atoms with Crippen LogP contribution in [0.15, 0.2) is 35.1 Å². The van der Waals surface area contributed by atoms with Crippen LogP contribution in [0.1, 0.15) is 6.42 Å². The number of aliphatic hydroxyl groups excluding tert-OH is 1. The number of nitrogens with one attached hydrogen (secondary N) is 1. The van der Waals surface area contributed by atoms with Crippen LogP contribution in [-0.4, -0.2) is 29.3 Å². The van der Waals surface area contributed by atoms with E-state index in [9.17, 15) is 9.90 Å². The summed E-state index contributed by atoms with van der Waals surface area (Å²) >= 11 is 0. The standard InChI is InChI=1S/C13H14N2O2/c16-10-5-6-15(8-10)12-7-9-3-1-2-4-11(9)13(17)14-12/h1-4,7,10,16H,5-6,8H2,(H,14,17)/t10-/m0/s1. The summed E-state index contributed by atoms with van der Waals surface area (Å²) < 4.78 is 0. The van der Waals surface area contributed by atoms with Crippen LogP contribution in [0.3, 0.4) is 0 Å². The van der Waals surface area contributed by atoms with Crippen LogP contribution in [0.2, 0.25) is 0 Å². The molecule has 2 N–H and O–H groups in total. The number of fused-ring (bicyclic) bond motifs is 1. The van der Waals surface area contributed by atoms with Crippen molar-refractivity contribution < 1.29 is 5.11 Å². The van der Waals surface area contributed by atoms with E-state index in [1.165, 1.54) is 0 Å². The maximum absolute atomic E-state index is 11.9. The van der Waals surface area contributed by atoms with E-state index < -0.39 is 0 Å². The highest BCUT2D eigenvalue weighted by molar-refractivity contribution is 5.83. The van der Waals surface area contributed by atoms with E-state index in [-0.39, 0.29) is 11.7 Å². The largest absolute Gasteiger partial charge is 0.391 e. The molecule has 1 saturated heterocycles. The first-order valence-corrected chi connectivity index (χ1v) is 5.79. The molecule has 2 aromatic rings. The van der Waals surface area contributed by atoms with Crippen LogP contribution in [-0.2, 0) is 0 Å². The van der Waals surface area contributed by atoms with Gasteiger partial charge in [-0.3, -0.25) is 4.79 Å². The molecule has 0 bridgehead atoms. The second kappa shape index (κ2) is 3.89. The summed E-state index contributed by atoms with van der Waals surface area (Å²) in [6.45, 7) is 1.38. The molecule has 4 nitrogen and oxygen atoms in total. The van der Waals surface area contributed by atoms with Crippen molar-refractivity contribution in [2.75, 3.05) is 18.0 Å². The molecule has 1 fully saturated rings. The minimum Gasteiger partial charge on any atom is -0.391 e. The molecule has 1 aromatic heterocycles. The maximum atomic E-state index is 11.9. The first kappa shape index (κ1) is 10.4. The number of hydrogen-bond donors (Lipinski definition) is 2. The summed E-state index contributed by atoms with van der Waals surface area (Å²) in [5.41, 5.74) is -0.0699. The van der Waals surface area contributed by atoms with E-state index in [4.69, 9.17) is 0 Å². The fourth-order valence-corrected chi connectivity index (χ4v) is 2.33. The summed E-state index contributed by atoms with van der Waals surface area (Å²) in [7, 11) is 0. The summed E-state index contributed by atoms with van der Waals surface area (Å²) in [5, 5.41) is 11.2. The smallest absolute Gasteiger partial charge is 0.257 e. The van der Waals surface area contributed by atoms with Gasteiger partial charge in [-0.15, -0.1) is 0 Å². The van der Waals surface area contributed by atoms with E-state index in [0.29, 0.717) is 11.9 Å². The molecule has 0 saturated carbocycles. The van der Waals surface area contributed by atoms with Crippen molar-refractivity contribution in [3.05, 3.63) is 40.7 Å². The van der Waals surface area contributed by atoms with Crippen molar-refractivity contribution in [3.8, 4) is 0 Å². The molecule has 88 valence electrons. The normalized spacial score (nSPS) is 20.1. The highest BCUT2D eigenvalue weighted by Crippen LogP contribution is 2.20. The Morgan fingerprint density at radius 2 is 2.18 bits per heavy atom. The average Bonchev–Trinajstić information content (AvgIpc) is 2.76. The van der Waals surface area contributed by atoms with E-state index in [1.54, 1.807) is 0 Å². The van der Waals surface area contributed by atoms with Crippen molar-refractivity contribution in [2.24, 2.45) is 0 Å². The first-order chi connectivity index (χ1) is 8.24. The summed E-state index contributed by atoms with van der Waals surface area (Å²) in [5.74, 6) is 0.797. The number of aromatic nitrogens is 1. The van der Waals surface area contributed by atoms with Crippen LogP contribution in [0.25, 0.3) is 10.8 Å². The molecule has 0 unspecified atom stereocenters. The summed E-state index contributed by atoms with van der Waals surface area (Å²) in [6.07, 6.45) is 0.472. The van der Waals surface area contributed by atoms with Gasteiger partial charge in [0.25, 0.3) is 5.56 Å². The van der Waals surface area contributed by atoms with Crippen molar-refractivity contribution in [2.45, 2.75) is 12.5 Å². The minimum absolute atomic E-state index is 0.0699. The van der Waals surface area contributed by atoms with Crippen LogP contribution < -0.4 is 10.5 Å². The van der Waals surface area contributed by atoms with Gasteiger partial charge in [-0.25, -0.2) is 0 Å². The molecule has 1 aromatic carbocycles. The Hall–Kier alpha value is -1.81. The molecule has 1 aliphatic heterocycles. The van der Waals surface area contributed by atoms with Gasteiger partial charge < -0.3 is 15.0 Å². The van der Waals surface area contributed by atoms with E-state index in [2.05, 4.69) is 4.98 Å². The van der Waals surface area contributed by atoms with E-state index in [0.717, 1.165) is 24.2 Å². The van der Waals surface area contributed by atoms with Crippen LogP contribution >= 0.6 is 0 Å². The third-order valence-corrected chi connectivity index (χ3v) is 3.24. The lowest BCUT2D eigenvalue weighted by molar-refractivity contribution is 0.198. The molecule has 0 aliphatic carbocycles. The van der Waals surface area contributed by atoms with Crippen molar-refractivity contribution >= 4 is 16.6 Å². The number of H-pyrrole nitrogens is 1. The molecular formula is C13H14N2O2. The molecule has 1 aliphatic rings. The van der Waals surface area contributed by atoms with Gasteiger partial charge >= 0.3 is 0 Å². The second-order valence-corrected chi connectivity index (χ2v) is 4.46. The highest BCUT2D eigenvalue weighted by Gasteiger charge is 2.21. The van der Waals surface area contributed by atoms with Crippen molar-refractivity contribution in [1.29, 1.82) is 0 Å². The van der Waals surface area contributed by atoms with Crippen LogP contribution in [0.5, 0.6) is 0 Å². The summed E-state index contributed by atoms with van der Waals surface area (Å²) in [6, 6.07) is 9.49. The summed E-state index contributed by atoms with van der Waals surface area (Å²) in [4.78, 5) is 16.8. The van der Waals surface area contributed by atoms with Gasteiger partial charge in [0.05, 0.1) is 6.10 Å². The number of anilines is 1. The molecule has 4 heteroatoms. The Labute approximate surface area is 98.5 Å². The van der Waals surface area contributed by atoms with Crippen LogP contribution in [0.4, 0.5) is 5.82 Å².